The van der Waals surface area contributed by atoms with Crippen LogP contribution in [-0.4, -0.2) is 16.2 Å². The molecule has 0 aliphatic carbocycles. The number of aliphatic carboxylic acids is 1. The molecule has 1 rings (SSSR count). The Kier molecular flexibility index (Phi) is 3.55. The molecule has 1 aromatic carbocycles. The summed E-state index contributed by atoms with van der Waals surface area (Å²) in [5, 5.41) is 18.4. The normalized spacial score (nSPS) is 12.5. The largest absolute Gasteiger partial charge is 0.507 e. The first-order chi connectivity index (χ1) is 6.97. The van der Waals surface area contributed by atoms with Gasteiger partial charge in [-0.1, -0.05) is 6.07 Å². The standard InChI is InChI=1S/C10H12ClNO3/c1-5-2-6(4-11)3-7(9(5)13)8(12)10(14)15/h2-3,8,13H,4,12H2,1H3,(H,14,15)/t8-/m0/s1. The third-order valence-electron chi connectivity index (χ3n) is 2.15. The highest BCUT2D eigenvalue weighted by molar-refractivity contribution is 6.17. The number of hydrogen-bond acceptors (Lipinski definition) is 3. The lowest BCUT2D eigenvalue weighted by Crippen LogP contribution is -2.21. The summed E-state index contributed by atoms with van der Waals surface area (Å²) in [5.41, 5.74) is 6.93. The number of rotatable bonds is 3. The smallest absolute Gasteiger partial charge is 0.325 e. The molecule has 0 spiro atoms. The van der Waals surface area contributed by atoms with Crippen molar-refractivity contribution in [2.24, 2.45) is 5.73 Å². The van der Waals surface area contributed by atoms with Crippen LogP contribution in [0.1, 0.15) is 22.7 Å². The number of carboxylic acids is 1. The van der Waals surface area contributed by atoms with Crippen molar-refractivity contribution >= 4 is 17.6 Å². The van der Waals surface area contributed by atoms with E-state index in [1.54, 1.807) is 13.0 Å². The van der Waals surface area contributed by atoms with E-state index in [0.717, 1.165) is 5.56 Å². The fourth-order valence-electron chi connectivity index (χ4n) is 1.33. The van der Waals surface area contributed by atoms with E-state index in [1.807, 2.05) is 0 Å². The van der Waals surface area contributed by atoms with Gasteiger partial charge in [-0.3, -0.25) is 4.79 Å². The van der Waals surface area contributed by atoms with Crippen molar-refractivity contribution in [1.29, 1.82) is 0 Å². The Morgan fingerprint density at radius 1 is 1.60 bits per heavy atom. The quantitative estimate of drug-likeness (QED) is 0.687. The van der Waals surface area contributed by atoms with Crippen LogP contribution < -0.4 is 5.73 Å². The van der Waals surface area contributed by atoms with E-state index in [2.05, 4.69) is 0 Å². The average molecular weight is 230 g/mol. The number of benzene rings is 1. The van der Waals surface area contributed by atoms with Crippen LogP contribution in [0.3, 0.4) is 0 Å². The van der Waals surface area contributed by atoms with Gasteiger partial charge >= 0.3 is 5.97 Å². The summed E-state index contributed by atoms with van der Waals surface area (Å²) >= 11 is 5.64. The maximum atomic E-state index is 10.7. The zero-order valence-electron chi connectivity index (χ0n) is 8.20. The molecule has 0 saturated carbocycles. The van der Waals surface area contributed by atoms with Crippen LogP contribution in [-0.2, 0) is 10.7 Å². The minimum Gasteiger partial charge on any atom is -0.507 e. The molecule has 5 heteroatoms. The Morgan fingerprint density at radius 3 is 2.67 bits per heavy atom. The summed E-state index contributed by atoms with van der Waals surface area (Å²) in [6.07, 6.45) is 0. The molecule has 4 nitrogen and oxygen atoms in total. The summed E-state index contributed by atoms with van der Waals surface area (Å²) in [7, 11) is 0. The van der Waals surface area contributed by atoms with E-state index in [1.165, 1.54) is 6.07 Å². The molecule has 1 atom stereocenters. The van der Waals surface area contributed by atoms with Gasteiger partial charge in [0.25, 0.3) is 0 Å². The number of alkyl halides is 1. The molecule has 0 radical (unpaired) electrons. The van der Waals surface area contributed by atoms with Gasteiger partial charge in [-0.25, -0.2) is 0 Å². The number of aromatic hydroxyl groups is 1. The molecule has 0 aliphatic rings. The third-order valence-corrected chi connectivity index (χ3v) is 2.45. The number of carboxylic acid groups (broad SMARTS) is 1. The van der Waals surface area contributed by atoms with Crippen LogP contribution in [0, 0.1) is 6.92 Å². The molecule has 15 heavy (non-hydrogen) atoms. The van der Waals surface area contributed by atoms with Gasteiger partial charge in [0.15, 0.2) is 0 Å². The first-order valence-electron chi connectivity index (χ1n) is 4.34. The lowest BCUT2D eigenvalue weighted by Gasteiger charge is -2.12. The first-order valence-corrected chi connectivity index (χ1v) is 4.87. The summed E-state index contributed by atoms with van der Waals surface area (Å²) < 4.78 is 0. The van der Waals surface area contributed by atoms with Gasteiger partial charge in [0.05, 0.1) is 0 Å². The van der Waals surface area contributed by atoms with E-state index in [9.17, 15) is 9.90 Å². The molecule has 0 saturated heterocycles. The topological polar surface area (TPSA) is 83.6 Å². The van der Waals surface area contributed by atoms with E-state index < -0.39 is 12.0 Å². The number of phenols is 1. The monoisotopic (exact) mass is 229 g/mol. The fraction of sp³-hybridized carbons (Fsp3) is 0.300. The fourth-order valence-corrected chi connectivity index (χ4v) is 1.49. The summed E-state index contributed by atoms with van der Waals surface area (Å²) in [5.74, 6) is -1.02. The number of halogens is 1. The summed E-state index contributed by atoms with van der Waals surface area (Å²) in [6, 6.07) is 1.97. The van der Waals surface area contributed by atoms with Gasteiger partial charge in [-0.15, -0.1) is 11.6 Å². The molecular formula is C10H12ClNO3. The molecule has 1 aromatic rings. The van der Waals surface area contributed by atoms with Gasteiger partial charge in [-0.2, -0.15) is 0 Å². The summed E-state index contributed by atoms with van der Waals surface area (Å²) in [6.45, 7) is 1.67. The number of phenolic OH excluding ortho intramolecular Hbond substituents is 1. The zero-order chi connectivity index (χ0) is 11.6. The predicted molar refractivity (Wildman–Crippen MR) is 57.0 cm³/mol. The lowest BCUT2D eigenvalue weighted by atomic mass is 10.0. The maximum Gasteiger partial charge on any atom is 0.325 e. The van der Waals surface area contributed by atoms with E-state index in [0.29, 0.717) is 5.56 Å². The highest BCUT2D eigenvalue weighted by Gasteiger charge is 2.19. The van der Waals surface area contributed by atoms with Gasteiger partial charge in [0.1, 0.15) is 11.8 Å². The lowest BCUT2D eigenvalue weighted by molar-refractivity contribution is -0.138. The van der Waals surface area contributed by atoms with Crippen LogP contribution in [0.15, 0.2) is 12.1 Å². The SMILES string of the molecule is Cc1cc(CCl)cc([C@H](N)C(=O)O)c1O. The Morgan fingerprint density at radius 2 is 2.20 bits per heavy atom. The van der Waals surface area contributed by atoms with Crippen molar-refractivity contribution in [2.75, 3.05) is 0 Å². The molecule has 0 amide bonds. The van der Waals surface area contributed by atoms with Gasteiger partial charge in [0, 0.05) is 11.4 Å². The molecular weight excluding hydrogens is 218 g/mol. The Hall–Kier alpha value is -1.26. The third kappa shape index (κ3) is 2.40. The molecule has 0 unspecified atom stereocenters. The molecule has 0 bridgehead atoms. The highest BCUT2D eigenvalue weighted by atomic mass is 35.5. The van der Waals surface area contributed by atoms with E-state index in [-0.39, 0.29) is 17.2 Å². The predicted octanol–water partition coefficient (Wildman–Crippen LogP) is 1.52. The molecule has 0 fully saturated rings. The van der Waals surface area contributed by atoms with Crippen molar-refractivity contribution in [1.82, 2.24) is 0 Å². The van der Waals surface area contributed by atoms with Crippen molar-refractivity contribution in [2.45, 2.75) is 18.8 Å². The number of carbonyl (C=O) groups is 1. The average Bonchev–Trinajstić information content (AvgIpc) is 2.20. The number of aryl methyl sites for hydroxylation is 1. The van der Waals surface area contributed by atoms with Crippen LogP contribution in [0.5, 0.6) is 5.75 Å². The van der Waals surface area contributed by atoms with Crippen molar-refractivity contribution in [3.63, 3.8) is 0 Å². The van der Waals surface area contributed by atoms with Crippen LogP contribution in [0.2, 0.25) is 0 Å². The number of hydrogen-bond donors (Lipinski definition) is 3. The van der Waals surface area contributed by atoms with Gasteiger partial charge < -0.3 is 15.9 Å². The van der Waals surface area contributed by atoms with Crippen molar-refractivity contribution in [3.8, 4) is 5.75 Å². The van der Waals surface area contributed by atoms with Crippen molar-refractivity contribution in [3.05, 3.63) is 28.8 Å². The Labute approximate surface area is 92.3 Å². The van der Waals surface area contributed by atoms with E-state index in [4.69, 9.17) is 22.4 Å². The Balaban J connectivity index is 3.27. The van der Waals surface area contributed by atoms with Crippen LogP contribution >= 0.6 is 11.6 Å². The zero-order valence-corrected chi connectivity index (χ0v) is 8.95. The Bertz CT molecular complexity index is 392. The molecule has 0 heterocycles. The van der Waals surface area contributed by atoms with E-state index >= 15 is 0 Å². The first kappa shape index (κ1) is 11.8. The van der Waals surface area contributed by atoms with Gasteiger partial charge in [-0.05, 0) is 24.1 Å². The molecule has 82 valence electrons. The van der Waals surface area contributed by atoms with Crippen LogP contribution in [0.4, 0.5) is 0 Å². The highest BCUT2D eigenvalue weighted by Crippen LogP contribution is 2.28. The van der Waals surface area contributed by atoms with Gasteiger partial charge in [0.2, 0.25) is 0 Å². The second kappa shape index (κ2) is 4.51. The van der Waals surface area contributed by atoms with Crippen molar-refractivity contribution < 1.29 is 15.0 Å². The maximum absolute atomic E-state index is 10.7. The minimum absolute atomic E-state index is 0.0845. The second-order valence-corrected chi connectivity index (χ2v) is 3.57. The summed E-state index contributed by atoms with van der Waals surface area (Å²) in [4.78, 5) is 10.7. The molecule has 0 aliphatic heterocycles. The molecule has 0 aromatic heterocycles. The molecule has 4 N–H and O–H groups in total. The van der Waals surface area contributed by atoms with Crippen LogP contribution in [0.25, 0.3) is 0 Å². The minimum atomic E-state index is -1.23. The second-order valence-electron chi connectivity index (χ2n) is 3.30. The number of nitrogens with two attached hydrogens (primary N) is 1.